The van der Waals surface area contributed by atoms with Gasteiger partial charge in [0, 0.05) is 54.6 Å². The Morgan fingerprint density at radius 3 is 2.45 bits per heavy atom. The van der Waals surface area contributed by atoms with Crippen LogP contribution in [-0.2, 0) is 16.6 Å². The summed E-state index contributed by atoms with van der Waals surface area (Å²) < 4.78 is 2.16. The molecule has 2 aliphatic rings. The SMILES string of the molecule is CN1CCC(NC(=O)c2ccc3c(C4CCCC4)c(-c4ccccn4)n(C)c3c2)(C(=O)Nc2ccc(/C=C/C(=O)O)cc2)C1. The zero-order valence-corrected chi connectivity index (χ0v) is 25.0. The predicted molar refractivity (Wildman–Crippen MR) is 171 cm³/mol. The molecule has 1 saturated heterocycles. The molecule has 226 valence electrons. The van der Waals surface area contributed by atoms with Crippen molar-refractivity contribution in [3.8, 4) is 11.4 Å². The maximum Gasteiger partial charge on any atom is 0.328 e. The molecule has 1 saturated carbocycles. The number of rotatable bonds is 8. The molecule has 9 heteroatoms. The van der Waals surface area contributed by atoms with Crippen LogP contribution in [0.25, 0.3) is 28.4 Å². The fraction of sp³-hybridized carbons (Fsp3) is 0.314. The van der Waals surface area contributed by atoms with Crippen LogP contribution < -0.4 is 10.6 Å². The first-order valence-corrected chi connectivity index (χ1v) is 15.1. The molecule has 9 nitrogen and oxygen atoms in total. The highest BCUT2D eigenvalue weighted by molar-refractivity contribution is 6.06. The van der Waals surface area contributed by atoms with E-state index in [1.807, 2.05) is 55.5 Å². The molecular formula is C35H37N5O4. The van der Waals surface area contributed by atoms with Crippen LogP contribution in [-0.4, -0.2) is 63.0 Å². The summed E-state index contributed by atoms with van der Waals surface area (Å²) in [6.07, 6.45) is 9.57. The van der Waals surface area contributed by atoms with Crippen LogP contribution in [0.1, 0.15) is 59.5 Å². The second-order valence-corrected chi connectivity index (χ2v) is 12.0. The highest BCUT2D eigenvalue weighted by atomic mass is 16.4. The Morgan fingerprint density at radius 2 is 1.80 bits per heavy atom. The molecular weight excluding hydrogens is 554 g/mol. The first kappa shape index (κ1) is 29.3. The van der Waals surface area contributed by atoms with E-state index in [9.17, 15) is 14.4 Å². The van der Waals surface area contributed by atoms with Crippen molar-refractivity contribution in [2.24, 2.45) is 7.05 Å². The van der Waals surface area contributed by atoms with Gasteiger partial charge in [-0.05, 0) is 85.8 Å². The quantitative estimate of drug-likeness (QED) is 0.235. The van der Waals surface area contributed by atoms with E-state index in [-0.39, 0.29) is 11.8 Å². The number of nitrogens with zero attached hydrogens (tertiary/aromatic N) is 3. The number of aromatic nitrogens is 2. The third-order valence-corrected chi connectivity index (χ3v) is 9.01. The molecule has 2 aromatic heterocycles. The van der Waals surface area contributed by atoms with Gasteiger partial charge in [-0.25, -0.2) is 4.79 Å². The van der Waals surface area contributed by atoms with Crippen molar-refractivity contribution in [2.45, 2.75) is 43.6 Å². The molecule has 0 radical (unpaired) electrons. The van der Waals surface area contributed by atoms with Gasteiger partial charge < -0.3 is 25.2 Å². The zero-order valence-electron chi connectivity index (χ0n) is 25.0. The van der Waals surface area contributed by atoms with Crippen LogP contribution in [0, 0.1) is 0 Å². The number of nitrogens with one attached hydrogen (secondary N) is 2. The second kappa shape index (κ2) is 12.1. The van der Waals surface area contributed by atoms with Gasteiger partial charge >= 0.3 is 5.97 Å². The fourth-order valence-electron chi connectivity index (χ4n) is 6.78. The molecule has 3 heterocycles. The molecule has 4 aromatic rings. The summed E-state index contributed by atoms with van der Waals surface area (Å²) in [7, 11) is 3.97. The molecule has 2 amide bonds. The van der Waals surface area contributed by atoms with E-state index in [1.54, 1.807) is 24.3 Å². The monoisotopic (exact) mass is 591 g/mol. The normalized spacial score (nSPS) is 19.1. The fourth-order valence-corrected chi connectivity index (χ4v) is 6.78. The molecule has 0 bridgehead atoms. The van der Waals surface area contributed by atoms with E-state index < -0.39 is 11.5 Å². The average Bonchev–Trinajstić information content (AvgIpc) is 3.75. The summed E-state index contributed by atoms with van der Waals surface area (Å²) in [5.74, 6) is -1.15. The number of aliphatic carboxylic acids is 1. The Balaban J connectivity index is 1.28. The number of pyridine rings is 1. The lowest BCUT2D eigenvalue weighted by Gasteiger charge is -2.29. The highest BCUT2D eigenvalue weighted by Gasteiger charge is 2.45. The summed E-state index contributed by atoms with van der Waals surface area (Å²) >= 11 is 0. The van der Waals surface area contributed by atoms with Gasteiger partial charge in [0.15, 0.2) is 0 Å². The van der Waals surface area contributed by atoms with Gasteiger partial charge in [-0.15, -0.1) is 0 Å². The first-order chi connectivity index (χ1) is 21.2. The molecule has 2 fully saturated rings. The number of hydrogen-bond donors (Lipinski definition) is 3. The lowest BCUT2D eigenvalue weighted by molar-refractivity contribution is -0.131. The number of benzene rings is 2. The average molecular weight is 592 g/mol. The van der Waals surface area contributed by atoms with Crippen molar-refractivity contribution in [3.63, 3.8) is 0 Å². The second-order valence-electron chi connectivity index (χ2n) is 12.0. The molecule has 0 spiro atoms. The Morgan fingerprint density at radius 1 is 1.02 bits per heavy atom. The zero-order chi connectivity index (χ0) is 30.8. The summed E-state index contributed by atoms with van der Waals surface area (Å²) in [6, 6.07) is 18.7. The van der Waals surface area contributed by atoms with E-state index in [0.29, 0.717) is 42.2 Å². The van der Waals surface area contributed by atoms with Gasteiger partial charge in [0.25, 0.3) is 11.8 Å². The van der Waals surface area contributed by atoms with E-state index in [4.69, 9.17) is 5.11 Å². The molecule has 44 heavy (non-hydrogen) atoms. The number of amides is 2. The molecule has 3 N–H and O–H groups in total. The Bertz CT molecular complexity index is 1740. The number of carbonyl (C=O) groups excluding carboxylic acids is 2. The summed E-state index contributed by atoms with van der Waals surface area (Å²) in [5, 5.41) is 16.1. The molecule has 2 aromatic carbocycles. The van der Waals surface area contributed by atoms with Crippen molar-refractivity contribution < 1.29 is 19.5 Å². The maximum atomic E-state index is 13.8. The van der Waals surface area contributed by atoms with Gasteiger partial charge in [0.05, 0.1) is 11.4 Å². The number of aryl methyl sites for hydroxylation is 1. The van der Waals surface area contributed by atoms with Crippen LogP contribution in [0.3, 0.4) is 0 Å². The molecule has 1 aliphatic carbocycles. The summed E-state index contributed by atoms with van der Waals surface area (Å²) in [5.41, 5.74) is 4.97. The largest absolute Gasteiger partial charge is 0.478 e. The minimum Gasteiger partial charge on any atom is -0.478 e. The standard InChI is InChI=1S/C35H37N5O4/c1-39-20-18-35(22-39,34(44)37-26-14-10-23(11-15-26)12-17-30(41)42)38-33(43)25-13-16-27-29(21-25)40(2)32(28-9-5-6-19-36-28)31(27)24-7-3-4-8-24/h5-6,9-17,19,21,24H,3-4,7-8,18,20,22H2,1-2H3,(H,37,44)(H,38,43)(H,41,42)/b17-12+. The molecule has 1 aliphatic heterocycles. The van der Waals surface area contributed by atoms with Gasteiger partial charge in [-0.3, -0.25) is 14.6 Å². The number of likely N-dealkylation sites (tertiary alicyclic amines) is 1. The van der Waals surface area contributed by atoms with Gasteiger partial charge in [0.2, 0.25) is 0 Å². The van der Waals surface area contributed by atoms with Crippen molar-refractivity contribution in [1.29, 1.82) is 0 Å². The summed E-state index contributed by atoms with van der Waals surface area (Å²) in [4.78, 5) is 45.1. The predicted octanol–water partition coefficient (Wildman–Crippen LogP) is 5.44. The van der Waals surface area contributed by atoms with E-state index in [1.165, 1.54) is 24.5 Å². The van der Waals surface area contributed by atoms with E-state index in [2.05, 4.69) is 26.3 Å². The number of anilines is 1. The number of likely N-dealkylation sites (N-methyl/N-ethyl adjacent to an activating group) is 1. The van der Waals surface area contributed by atoms with Crippen molar-refractivity contribution in [3.05, 3.63) is 89.6 Å². The smallest absolute Gasteiger partial charge is 0.328 e. The van der Waals surface area contributed by atoms with Crippen LogP contribution in [0.2, 0.25) is 0 Å². The number of fused-ring (bicyclic) bond motifs is 1. The lowest BCUT2D eigenvalue weighted by Crippen LogP contribution is -2.58. The highest BCUT2D eigenvalue weighted by Crippen LogP contribution is 2.44. The minimum atomic E-state index is -1.11. The van der Waals surface area contributed by atoms with Gasteiger partial charge in [-0.1, -0.05) is 37.1 Å². The number of carbonyl (C=O) groups is 3. The van der Waals surface area contributed by atoms with Crippen LogP contribution in [0.15, 0.2) is 72.9 Å². The number of carboxylic acid groups (broad SMARTS) is 1. The van der Waals surface area contributed by atoms with Crippen LogP contribution in [0.4, 0.5) is 5.69 Å². The lowest BCUT2D eigenvalue weighted by atomic mass is 9.92. The van der Waals surface area contributed by atoms with Crippen molar-refractivity contribution >= 4 is 40.4 Å². The third-order valence-electron chi connectivity index (χ3n) is 9.01. The first-order valence-electron chi connectivity index (χ1n) is 15.1. The topological polar surface area (TPSA) is 117 Å². The Hall–Kier alpha value is -4.76. The number of carboxylic acids is 1. The maximum absolute atomic E-state index is 13.8. The number of hydrogen-bond acceptors (Lipinski definition) is 5. The minimum absolute atomic E-state index is 0.287. The van der Waals surface area contributed by atoms with Gasteiger partial charge in [-0.2, -0.15) is 0 Å². The van der Waals surface area contributed by atoms with Crippen molar-refractivity contribution in [2.75, 3.05) is 25.5 Å². The van der Waals surface area contributed by atoms with Gasteiger partial charge in [0.1, 0.15) is 5.54 Å². The third kappa shape index (κ3) is 5.75. The summed E-state index contributed by atoms with van der Waals surface area (Å²) in [6.45, 7) is 1.05. The van der Waals surface area contributed by atoms with Crippen LogP contribution in [0.5, 0.6) is 0 Å². The Kier molecular flexibility index (Phi) is 8.05. The van der Waals surface area contributed by atoms with Crippen molar-refractivity contribution in [1.82, 2.24) is 19.8 Å². The Labute approximate surface area is 256 Å². The van der Waals surface area contributed by atoms with E-state index >= 15 is 0 Å². The molecule has 1 atom stereocenters. The van der Waals surface area contributed by atoms with E-state index in [0.717, 1.165) is 41.2 Å². The molecule has 1 unspecified atom stereocenters. The van der Waals surface area contributed by atoms with Crippen LogP contribution >= 0.6 is 0 Å². The molecule has 6 rings (SSSR count).